The van der Waals surface area contributed by atoms with Gasteiger partial charge in [-0.3, -0.25) is 10.1 Å². The minimum absolute atomic E-state index is 0.0444. The highest BCUT2D eigenvalue weighted by atomic mass is 35.5. The summed E-state index contributed by atoms with van der Waals surface area (Å²) in [5, 5.41) is 3.31. The van der Waals surface area contributed by atoms with Crippen molar-refractivity contribution in [2.45, 2.75) is 26.4 Å². The lowest BCUT2D eigenvalue weighted by atomic mass is 10.0. The van der Waals surface area contributed by atoms with Gasteiger partial charge in [-0.25, -0.2) is 4.39 Å². The third-order valence-electron chi connectivity index (χ3n) is 2.68. The van der Waals surface area contributed by atoms with E-state index in [1.54, 1.807) is 12.1 Å². The van der Waals surface area contributed by atoms with Crippen molar-refractivity contribution < 1.29 is 13.9 Å². The first-order valence-corrected chi connectivity index (χ1v) is 6.09. The molecule has 18 heavy (non-hydrogen) atoms. The summed E-state index contributed by atoms with van der Waals surface area (Å²) in [6.07, 6.45) is 0. The molecule has 0 saturated heterocycles. The van der Waals surface area contributed by atoms with Crippen molar-refractivity contribution in [3.8, 4) is 0 Å². The van der Waals surface area contributed by atoms with Crippen LogP contribution in [0.1, 0.15) is 19.4 Å². The number of carbonyl (C=O) groups is 1. The molecule has 0 aliphatic heterocycles. The fourth-order valence-electron chi connectivity index (χ4n) is 1.63. The molecule has 1 N–H and O–H groups in total. The first kappa shape index (κ1) is 14.9. The molecule has 0 saturated carbocycles. The molecule has 0 fully saturated rings. The molecule has 3 nitrogen and oxygen atoms in total. The Bertz CT molecular complexity index is 403. The number of esters is 1. The van der Waals surface area contributed by atoms with Gasteiger partial charge in [0.15, 0.2) is 0 Å². The Morgan fingerprint density at radius 3 is 2.67 bits per heavy atom. The zero-order chi connectivity index (χ0) is 13.7. The molecule has 5 heteroatoms. The van der Waals surface area contributed by atoms with Crippen molar-refractivity contribution in [3.05, 3.63) is 34.6 Å². The third-order valence-corrected chi connectivity index (χ3v) is 3.04. The maximum atomic E-state index is 13.5. The van der Waals surface area contributed by atoms with Crippen molar-refractivity contribution in [2.75, 3.05) is 7.11 Å². The zero-order valence-electron chi connectivity index (χ0n) is 10.7. The topological polar surface area (TPSA) is 38.3 Å². The lowest BCUT2D eigenvalue weighted by Gasteiger charge is -2.20. The number of rotatable bonds is 5. The molecule has 1 atom stereocenters. The van der Waals surface area contributed by atoms with Crippen LogP contribution in [0.25, 0.3) is 0 Å². The van der Waals surface area contributed by atoms with Crippen LogP contribution >= 0.6 is 11.6 Å². The number of carbonyl (C=O) groups excluding carboxylic acids is 1. The number of nitrogens with one attached hydrogen (secondary N) is 1. The second-order valence-corrected chi connectivity index (χ2v) is 4.73. The smallest absolute Gasteiger partial charge is 0.323 e. The number of hydrogen-bond acceptors (Lipinski definition) is 3. The molecule has 0 bridgehead atoms. The summed E-state index contributed by atoms with van der Waals surface area (Å²) in [4.78, 5) is 11.5. The standard InChI is InChI=1S/C13H17ClFNO2/c1-8(2)12(13(17)18-3)16-7-9-10(14)5-4-6-11(9)15/h4-6,8,12,16H,7H2,1-3H3/t12-/m1/s1. The van der Waals surface area contributed by atoms with Crippen LogP contribution in [-0.4, -0.2) is 19.1 Å². The average Bonchev–Trinajstić information content (AvgIpc) is 2.31. The molecule has 1 rings (SSSR count). The van der Waals surface area contributed by atoms with E-state index in [1.165, 1.54) is 13.2 Å². The van der Waals surface area contributed by atoms with Gasteiger partial charge in [0.2, 0.25) is 0 Å². The van der Waals surface area contributed by atoms with Gasteiger partial charge in [-0.05, 0) is 18.1 Å². The summed E-state index contributed by atoms with van der Waals surface area (Å²) >= 11 is 5.91. The Labute approximate surface area is 111 Å². The van der Waals surface area contributed by atoms with Crippen LogP contribution in [0, 0.1) is 11.7 Å². The maximum absolute atomic E-state index is 13.5. The van der Waals surface area contributed by atoms with E-state index in [-0.39, 0.29) is 24.2 Å². The van der Waals surface area contributed by atoms with E-state index in [0.717, 1.165) is 0 Å². The van der Waals surface area contributed by atoms with Gasteiger partial charge in [-0.2, -0.15) is 0 Å². The Morgan fingerprint density at radius 2 is 2.17 bits per heavy atom. The van der Waals surface area contributed by atoms with Gasteiger partial charge in [0.25, 0.3) is 0 Å². The fourth-order valence-corrected chi connectivity index (χ4v) is 1.86. The van der Waals surface area contributed by atoms with E-state index in [1.807, 2.05) is 13.8 Å². The molecular formula is C13H17ClFNO2. The Hall–Kier alpha value is -1.13. The van der Waals surface area contributed by atoms with Crippen LogP contribution in [0.4, 0.5) is 4.39 Å². The van der Waals surface area contributed by atoms with E-state index in [2.05, 4.69) is 5.32 Å². The summed E-state index contributed by atoms with van der Waals surface area (Å²) in [5.41, 5.74) is 0.355. The van der Waals surface area contributed by atoms with Crippen LogP contribution in [-0.2, 0) is 16.1 Å². The number of ether oxygens (including phenoxy) is 1. The van der Waals surface area contributed by atoms with Crippen molar-refractivity contribution in [3.63, 3.8) is 0 Å². The van der Waals surface area contributed by atoms with Crippen molar-refractivity contribution in [1.82, 2.24) is 5.32 Å². The van der Waals surface area contributed by atoms with Gasteiger partial charge in [0.05, 0.1) is 7.11 Å². The number of halogens is 2. The van der Waals surface area contributed by atoms with Crippen LogP contribution in [0.2, 0.25) is 5.02 Å². The Morgan fingerprint density at radius 1 is 1.50 bits per heavy atom. The minimum atomic E-state index is -0.481. The van der Waals surface area contributed by atoms with Gasteiger partial charge >= 0.3 is 5.97 Å². The molecule has 0 amide bonds. The zero-order valence-corrected chi connectivity index (χ0v) is 11.4. The number of benzene rings is 1. The summed E-state index contributed by atoms with van der Waals surface area (Å²) < 4.78 is 18.2. The molecule has 1 aromatic carbocycles. The van der Waals surface area contributed by atoms with Gasteiger partial charge in [-0.1, -0.05) is 31.5 Å². The molecular weight excluding hydrogens is 257 g/mol. The van der Waals surface area contributed by atoms with Crippen molar-refractivity contribution >= 4 is 17.6 Å². The largest absolute Gasteiger partial charge is 0.468 e. The highest BCUT2D eigenvalue weighted by Crippen LogP contribution is 2.19. The summed E-state index contributed by atoms with van der Waals surface area (Å²) in [5.74, 6) is -0.706. The second kappa shape index (κ2) is 6.71. The van der Waals surface area contributed by atoms with E-state index < -0.39 is 6.04 Å². The second-order valence-electron chi connectivity index (χ2n) is 4.33. The number of methoxy groups -OCH3 is 1. The van der Waals surface area contributed by atoms with E-state index in [0.29, 0.717) is 10.6 Å². The SMILES string of the molecule is COC(=O)[C@H](NCc1c(F)cccc1Cl)C(C)C. The van der Waals surface area contributed by atoms with Crippen molar-refractivity contribution in [1.29, 1.82) is 0 Å². The number of hydrogen-bond donors (Lipinski definition) is 1. The van der Waals surface area contributed by atoms with Crippen LogP contribution in [0.5, 0.6) is 0 Å². The summed E-state index contributed by atoms with van der Waals surface area (Å²) in [6.45, 7) is 3.96. The lowest BCUT2D eigenvalue weighted by Crippen LogP contribution is -2.41. The van der Waals surface area contributed by atoms with Gasteiger partial charge in [-0.15, -0.1) is 0 Å². The van der Waals surface area contributed by atoms with E-state index in [4.69, 9.17) is 16.3 Å². The molecule has 0 radical (unpaired) electrons. The van der Waals surface area contributed by atoms with Gasteiger partial charge in [0.1, 0.15) is 11.9 Å². The predicted octanol–water partition coefficient (Wildman–Crippen LogP) is 2.77. The average molecular weight is 274 g/mol. The quantitative estimate of drug-likeness (QED) is 0.839. The summed E-state index contributed by atoms with van der Waals surface area (Å²) in [7, 11) is 1.33. The fraction of sp³-hybridized carbons (Fsp3) is 0.462. The molecule has 0 spiro atoms. The first-order valence-electron chi connectivity index (χ1n) is 5.71. The molecule has 0 heterocycles. The molecule has 1 aromatic rings. The molecule has 100 valence electrons. The van der Waals surface area contributed by atoms with E-state index in [9.17, 15) is 9.18 Å². The monoisotopic (exact) mass is 273 g/mol. The summed E-state index contributed by atoms with van der Waals surface area (Å²) in [6, 6.07) is 4.02. The maximum Gasteiger partial charge on any atom is 0.323 e. The Kier molecular flexibility index (Phi) is 5.56. The van der Waals surface area contributed by atoms with Crippen LogP contribution in [0.3, 0.4) is 0 Å². The first-order chi connectivity index (χ1) is 8.47. The Balaban J connectivity index is 2.76. The molecule has 0 aliphatic rings. The van der Waals surface area contributed by atoms with Crippen LogP contribution in [0.15, 0.2) is 18.2 Å². The molecule has 0 aliphatic carbocycles. The normalized spacial score (nSPS) is 12.6. The third kappa shape index (κ3) is 3.68. The molecule has 0 aromatic heterocycles. The highest BCUT2D eigenvalue weighted by Gasteiger charge is 2.22. The minimum Gasteiger partial charge on any atom is -0.468 e. The molecule has 0 unspecified atom stereocenters. The highest BCUT2D eigenvalue weighted by molar-refractivity contribution is 6.31. The van der Waals surface area contributed by atoms with Gasteiger partial charge < -0.3 is 4.74 Å². The van der Waals surface area contributed by atoms with Gasteiger partial charge in [0, 0.05) is 17.1 Å². The van der Waals surface area contributed by atoms with E-state index >= 15 is 0 Å². The lowest BCUT2D eigenvalue weighted by molar-refractivity contribution is -0.144. The predicted molar refractivity (Wildman–Crippen MR) is 68.9 cm³/mol. The van der Waals surface area contributed by atoms with Crippen molar-refractivity contribution in [2.24, 2.45) is 5.92 Å². The van der Waals surface area contributed by atoms with Crippen LogP contribution < -0.4 is 5.32 Å².